The van der Waals surface area contributed by atoms with Gasteiger partial charge in [0, 0.05) is 16.0 Å². The van der Waals surface area contributed by atoms with E-state index in [0.717, 1.165) is 39.0 Å². The topological polar surface area (TPSA) is 39.4 Å². The molecular formula is C30H21ClO3. The number of hydrogen-bond acceptors (Lipinski definition) is 3. The van der Waals surface area contributed by atoms with Gasteiger partial charge in [-0.2, -0.15) is 0 Å². The highest BCUT2D eigenvalue weighted by Gasteiger charge is 2.08. The molecule has 4 heteroatoms. The predicted molar refractivity (Wildman–Crippen MR) is 138 cm³/mol. The van der Waals surface area contributed by atoms with Gasteiger partial charge in [-0.3, -0.25) is 0 Å². The second kappa shape index (κ2) is 9.82. The van der Waals surface area contributed by atoms with E-state index in [-0.39, 0.29) is 12.6 Å². The van der Waals surface area contributed by atoms with Gasteiger partial charge < -0.3 is 9.15 Å². The molecule has 1 heterocycles. The highest BCUT2D eigenvalue weighted by Crippen LogP contribution is 2.29. The van der Waals surface area contributed by atoms with Crippen molar-refractivity contribution in [3.8, 4) is 11.3 Å². The summed E-state index contributed by atoms with van der Waals surface area (Å²) in [7, 11) is 0. The number of carbonyl (C=O) groups is 1. The first kappa shape index (κ1) is 21.7. The van der Waals surface area contributed by atoms with E-state index in [1.165, 1.54) is 0 Å². The minimum Gasteiger partial charge on any atom is -0.457 e. The van der Waals surface area contributed by atoms with Crippen LogP contribution in [0.4, 0.5) is 0 Å². The summed E-state index contributed by atoms with van der Waals surface area (Å²) in [5, 5.41) is 1.68. The average molecular weight is 465 g/mol. The SMILES string of the molecule is O=C(OCc1ccccc1)c1ccc(C=Cc2ccc(-c3cc4cc(Cl)ccc4o3)cc2)cc1. The van der Waals surface area contributed by atoms with Crippen LogP contribution in [-0.4, -0.2) is 5.97 Å². The summed E-state index contributed by atoms with van der Waals surface area (Å²) in [6, 6.07) is 32.8. The van der Waals surface area contributed by atoms with E-state index >= 15 is 0 Å². The number of hydrogen-bond donors (Lipinski definition) is 0. The quantitative estimate of drug-likeness (QED) is 0.187. The lowest BCUT2D eigenvalue weighted by Crippen LogP contribution is -2.04. The molecule has 0 saturated heterocycles. The van der Waals surface area contributed by atoms with Crippen molar-refractivity contribution in [1.82, 2.24) is 0 Å². The van der Waals surface area contributed by atoms with Crippen molar-refractivity contribution in [2.24, 2.45) is 0 Å². The van der Waals surface area contributed by atoms with Gasteiger partial charge in [0.25, 0.3) is 0 Å². The minimum absolute atomic E-state index is 0.263. The Morgan fingerprint density at radius 2 is 1.47 bits per heavy atom. The van der Waals surface area contributed by atoms with E-state index < -0.39 is 0 Å². The largest absolute Gasteiger partial charge is 0.457 e. The third-order valence-corrected chi connectivity index (χ3v) is 5.74. The molecule has 3 nitrogen and oxygen atoms in total. The molecule has 0 aliphatic heterocycles. The molecular weight excluding hydrogens is 444 g/mol. The van der Waals surface area contributed by atoms with Gasteiger partial charge in [-0.05, 0) is 53.1 Å². The number of halogens is 1. The predicted octanol–water partition coefficient (Wildman–Crippen LogP) is 8.28. The van der Waals surface area contributed by atoms with Crippen molar-refractivity contribution in [2.75, 3.05) is 0 Å². The zero-order valence-corrected chi connectivity index (χ0v) is 19.0. The molecule has 0 radical (unpaired) electrons. The highest BCUT2D eigenvalue weighted by atomic mass is 35.5. The first-order valence-corrected chi connectivity index (χ1v) is 11.3. The van der Waals surface area contributed by atoms with Gasteiger partial charge in [-0.25, -0.2) is 4.79 Å². The maximum absolute atomic E-state index is 12.3. The lowest BCUT2D eigenvalue weighted by Gasteiger charge is -2.05. The van der Waals surface area contributed by atoms with Crippen LogP contribution in [0, 0.1) is 0 Å². The molecule has 0 saturated carbocycles. The number of ether oxygens (including phenoxy) is 1. The Balaban J connectivity index is 1.22. The average Bonchev–Trinajstić information content (AvgIpc) is 3.30. The van der Waals surface area contributed by atoms with Gasteiger partial charge in [-0.15, -0.1) is 0 Å². The molecule has 166 valence electrons. The molecule has 0 bridgehead atoms. The van der Waals surface area contributed by atoms with Gasteiger partial charge in [0.2, 0.25) is 0 Å². The van der Waals surface area contributed by atoms with Gasteiger partial charge >= 0.3 is 5.97 Å². The van der Waals surface area contributed by atoms with Crippen LogP contribution in [0.1, 0.15) is 27.0 Å². The van der Waals surface area contributed by atoms with Crippen molar-refractivity contribution >= 4 is 40.7 Å². The molecule has 0 aliphatic carbocycles. The Morgan fingerprint density at radius 1 is 0.794 bits per heavy atom. The van der Waals surface area contributed by atoms with Crippen molar-refractivity contribution in [1.29, 1.82) is 0 Å². The molecule has 0 amide bonds. The molecule has 5 aromatic rings. The second-order valence-corrected chi connectivity index (χ2v) is 8.37. The number of furan rings is 1. The van der Waals surface area contributed by atoms with Gasteiger partial charge in [0.1, 0.15) is 18.0 Å². The Labute approximate surface area is 202 Å². The third kappa shape index (κ3) is 5.11. The zero-order chi connectivity index (χ0) is 23.3. The monoisotopic (exact) mass is 464 g/mol. The molecule has 0 N–H and O–H groups in total. The number of carbonyl (C=O) groups excluding carboxylic acids is 1. The van der Waals surface area contributed by atoms with E-state index in [1.807, 2.05) is 103 Å². The summed E-state index contributed by atoms with van der Waals surface area (Å²) in [4.78, 5) is 12.3. The molecule has 0 unspecified atom stereocenters. The van der Waals surface area contributed by atoms with Crippen LogP contribution in [0.2, 0.25) is 5.02 Å². The number of fused-ring (bicyclic) bond motifs is 1. The van der Waals surface area contributed by atoms with Crippen molar-refractivity contribution in [2.45, 2.75) is 6.61 Å². The Hall–Kier alpha value is -4.08. The smallest absolute Gasteiger partial charge is 0.338 e. The summed E-state index contributed by atoms with van der Waals surface area (Å²) in [6.07, 6.45) is 4.04. The fraction of sp³-hybridized carbons (Fsp3) is 0.0333. The van der Waals surface area contributed by atoms with Crippen LogP contribution in [0.15, 0.2) is 108 Å². The Morgan fingerprint density at radius 3 is 2.18 bits per heavy atom. The van der Waals surface area contributed by atoms with Gasteiger partial charge in [-0.1, -0.05) is 90.5 Å². The van der Waals surface area contributed by atoms with Crippen LogP contribution in [-0.2, 0) is 11.3 Å². The van der Waals surface area contributed by atoms with E-state index in [2.05, 4.69) is 0 Å². The number of benzene rings is 4. The second-order valence-electron chi connectivity index (χ2n) is 7.93. The first-order valence-electron chi connectivity index (χ1n) is 10.9. The highest BCUT2D eigenvalue weighted by molar-refractivity contribution is 6.31. The molecule has 1 aromatic heterocycles. The number of rotatable bonds is 6. The Bertz CT molecular complexity index is 1450. The molecule has 0 atom stereocenters. The van der Waals surface area contributed by atoms with E-state index in [9.17, 15) is 4.79 Å². The lowest BCUT2D eigenvalue weighted by molar-refractivity contribution is 0.0472. The molecule has 5 rings (SSSR count). The van der Waals surface area contributed by atoms with Crippen LogP contribution in [0.3, 0.4) is 0 Å². The zero-order valence-electron chi connectivity index (χ0n) is 18.3. The summed E-state index contributed by atoms with van der Waals surface area (Å²) in [5.41, 5.74) is 5.38. The lowest BCUT2D eigenvalue weighted by atomic mass is 10.1. The molecule has 34 heavy (non-hydrogen) atoms. The fourth-order valence-electron chi connectivity index (χ4n) is 3.64. The minimum atomic E-state index is -0.331. The van der Waals surface area contributed by atoms with Crippen LogP contribution in [0.25, 0.3) is 34.4 Å². The van der Waals surface area contributed by atoms with Crippen LogP contribution >= 0.6 is 11.6 Å². The van der Waals surface area contributed by atoms with Crippen molar-refractivity contribution in [3.05, 3.63) is 130 Å². The summed E-state index contributed by atoms with van der Waals surface area (Å²) in [5.74, 6) is 0.477. The summed E-state index contributed by atoms with van der Waals surface area (Å²) >= 11 is 6.07. The molecule has 0 fully saturated rings. The molecule has 0 aliphatic rings. The van der Waals surface area contributed by atoms with Crippen LogP contribution < -0.4 is 0 Å². The maximum Gasteiger partial charge on any atom is 0.338 e. The van der Waals surface area contributed by atoms with E-state index in [1.54, 1.807) is 12.1 Å². The van der Waals surface area contributed by atoms with E-state index in [0.29, 0.717) is 10.6 Å². The normalized spacial score (nSPS) is 11.2. The first-order chi connectivity index (χ1) is 16.6. The van der Waals surface area contributed by atoms with Crippen LogP contribution in [0.5, 0.6) is 0 Å². The van der Waals surface area contributed by atoms with E-state index in [4.69, 9.17) is 20.8 Å². The molecule has 0 spiro atoms. The third-order valence-electron chi connectivity index (χ3n) is 5.50. The van der Waals surface area contributed by atoms with Crippen molar-refractivity contribution in [3.63, 3.8) is 0 Å². The fourth-order valence-corrected chi connectivity index (χ4v) is 3.82. The maximum atomic E-state index is 12.3. The standard InChI is InChI=1S/C30H21ClO3/c31-27-16-17-28-26(18-27)19-29(34-28)24-12-8-21(9-13-24)6-7-22-10-14-25(15-11-22)30(32)33-20-23-4-2-1-3-5-23/h1-19H,20H2. The van der Waals surface area contributed by atoms with Crippen molar-refractivity contribution < 1.29 is 13.9 Å². The molecule has 4 aromatic carbocycles. The summed E-state index contributed by atoms with van der Waals surface area (Å²) < 4.78 is 11.3. The Kier molecular flexibility index (Phi) is 6.28. The number of esters is 1. The van der Waals surface area contributed by atoms with Gasteiger partial charge in [0.15, 0.2) is 0 Å². The summed E-state index contributed by atoms with van der Waals surface area (Å²) in [6.45, 7) is 0.263. The van der Waals surface area contributed by atoms with Gasteiger partial charge in [0.05, 0.1) is 5.56 Å².